The molecule has 0 saturated carbocycles. The Balaban J connectivity index is 1.45. The minimum Gasteiger partial charge on any atom is -0.347 e. The van der Waals surface area contributed by atoms with Crippen LogP contribution in [0, 0.1) is 0 Å². The van der Waals surface area contributed by atoms with E-state index in [2.05, 4.69) is 20.9 Å². The maximum Gasteiger partial charge on any atom is 0.319 e. The number of carbonyl (C=O) groups excluding carboxylic acids is 2. The molecule has 0 spiro atoms. The van der Waals surface area contributed by atoms with Crippen LogP contribution in [0.3, 0.4) is 0 Å². The number of nitrogens with zero attached hydrogens (tertiary/aromatic N) is 1. The number of anilines is 1. The molecule has 1 aromatic heterocycles. The van der Waals surface area contributed by atoms with E-state index in [0.717, 1.165) is 11.1 Å². The van der Waals surface area contributed by atoms with E-state index in [9.17, 15) is 9.59 Å². The third kappa shape index (κ3) is 5.82. The first kappa shape index (κ1) is 19.4. The number of halogens is 1. The summed E-state index contributed by atoms with van der Waals surface area (Å²) in [5, 5.41) is 9.02. The zero-order valence-corrected chi connectivity index (χ0v) is 15.7. The average molecular weight is 395 g/mol. The van der Waals surface area contributed by atoms with Gasteiger partial charge < -0.3 is 16.0 Å². The van der Waals surface area contributed by atoms with E-state index < -0.39 is 0 Å². The van der Waals surface area contributed by atoms with Crippen LogP contribution in [0.4, 0.5) is 10.5 Å². The van der Waals surface area contributed by atoms with Gasteiger partial charge in [-0.15, -0.1) is 0 Å². The topological polar surface area (TPSA) is 83.1 Å². The zero-order chi connectivity index (χ0) is 19.8. The molecule has 0 bridgehead atoms. The predicted molar refractivity (Wildman–Crippen MR) is 109 cm³/mol. The molecule has 142 valence electrons. The summed E-state index contributed by atoms with van der Waals surface area (Å²) in [5.74, 6) is -0.232. The van der Waals surface area contributed by atoms with Crippen LogP contribution in [0.2, 0.25) is 5.02 Å². The average Bonchev–Trinajstić information content (AvgIpc) is 2.73. The van der Waals surface area contributed by atoms with E-state index >= 15 is 0 Å². The van der Waals surface area contributed by atoms with Crippen LogP contribution in [0.1, 0.15) is 21.6 Å². The number of amides is 3. The number of rotatable bonds is 6. The van der Waals surface area contributed by atoms with Crippen molar-refractivity contribution in [1.82, 2.24) is 15.6 Å². The first-order valence-electron chi connectivity index (χ1n) is 8.67. The standard InChI is InChI=1S/C21H19ClN4O2/c22-17-8-4-15(5-9-17)14-25-21(28)26-18-10-6-16(7-11-18)13-24-20(27)19-3-1-2-12-23-19/h1-12H,13-14H2,(H,24,27)(H2,25,26,28). The molecule has 0 radical (unpaired) electrons. The van der Waals surface area contributed by atoms with Crippen molar-refractivity contribution in [2.45, 2.75) is 13.1 Å². The van der Waals surface area contributed by atoms with E-state index in [1.165, 1.54) is 0 Å². The molecule has 0 unspecified atom stereocenters. The second-order valence-corrected chi connectivity index (χ2v) is 6.47. The first-order chi connectivity index (χ1) is 13.6. The molecule has 0 aliphatic rings. The molecule has 6 nitrogen and oxygen atoms in total. The maximum atomic E-state index is 12.0. The lowest BCUT2D eigenvalue weighted by Crippen LogP contribution is -2.28. The molecule has 7 heteroatoms. The maximum absolute atomic E-state index is 12.0. The van der Waals surface area contributed by atoms with Crippen molar-refractivity contribution in [2.75, 3.05) is 5.32 Å². The highest BCUT2D eigenvalue weighted by molar-refractivity contribution is 6.30. The molecule has 2 aromatic carbocycles. The van der Waals surface area contributed by atoms with E-state index in [1.54, 1.807) is 48.7 Å². The number of urea groups is 1. The third-order valence-corrected chi connectivity index (χ3v) is 4.18. The number of carbonyl (C=O) groups is 2. The predicted octanol–water partition coefficient (Wildman–Crippen LogP) is 3.99. The van der Waals surface area contributed by atoms with Crippen LogP contribution in [0.15, 0.2) is 72.9 Å². The van der Waals surface area contributed by atoms with Crippen molar-refractivity contribution < 1.29 is 9.59 Å². The second kappa shape index (κ2) is 9.53. The Morgan fingerprint density at radius 2 is 1.46 bits per heavy atom. The van der Waals surface area contributed by atoms with Gasteiger partial charge in [-0.3, -0.25) is 9.78 Å². The fourth-order valence-corrected chi connectivity index (χ4v) is 2.56. The normalized spacial score (nSPS) is 10.2. The monoisotopic (exact) mass is 394 g/mol. The van der Waals surface area contributed by atoms with E-state index in [1.807, 2.05) is 24.3 Å². The van der Waals surface area contributed by atoms with Gasteiger partial charge in [0.05, 0.1) is 0 Å². The summed E-state index contributed by atoms with van der Waals surface area (Å²) in [5.41, 5.74) is 2.90. The molecule has 0 aliphatic heterocycles. The van der Waals surface area contributed by atoms with E-state index in [0.29, 0.717) is 29.5 Å². The molecular formula is C21H19ClN4O2. The molecule has 0 atom stereocenters. The fourth-order valence-electron chi connectivity index (χ4n) is 2.44. The number of benzene rings is 2. The van der Waals surface area contributed by atoms with Crippen molar-refractivity contribution in [3.63, 3.8) is 0 Å². The summed E-state index contributed by atoms with van der Waals surface area (Å²) in [6.07, 6.45) is 1.58. The molecule has 0 aliphatic carbocycles. The van der Waals surface area contributed by atoms with Crippen molar-refractivity contribution in [2.24, 2.45) is 0 Å². The van der Waals surface area contributed by atoms with Crippen LogP contribution in [-0.2, 0) is 13.1 Å². The Morgan fingerprint density at radius 1 is 0.821 bits per heavy atom. The van der Waals surface area contributed by atoms with Gasteiger partial charge in [-0.25, -0.2) is 4.79 Å². The zero-order valence-electron chi connectivity index (χ0n) is 15.0. The van der Waals surface area contributed by atoms with Gasteiger partial charge in [-0.1, -0.05) is 41.9 Å². The first-order valence-corrected chi connectivity index (χ1v) is 9.05. The molecule has 28 heavy (non-hydrogen) atoms. The van der Waals surface area contributed by atoms with Gasteiger partial charge >= 0.3 is 6.03 Å². The summed E-state index contributed by atoms with van der Waals surface area (Å²) >= 11 is 5.84. The van der Waals surface area contributed by atoms with E-state index in [-0.39, 0.29) is 11.9 Å². The Labute approximate surface area is 168 Å². The van der Waals surface area contributed by atoms with Gasteiger partial charge in [0.1, 0.15) is 5.69 Å². The Kier molecular flexibility index (Phi) is 6.59. The highest BCUT2D eigenvalue weighted by atomic mass is 35.5. The van der Waals surface area contributed by atoms with Gasteiger partial charge in [0, 0.05) is 30.0 Å². The van der Waals surface area contributed by atoms with Crippen molar-refractivity contribution in [1.29, 1.82) is 0 Å². The molecule has 3 N–H and O–H groups in total. The molecule has 3 aromatic rings. The van der Waals surface area contributed by atoms with Crippen LogP contribution in [0.25, 0.3) is 0 Å². The Bertz CT molecular complexity index is 929. The molecule has 0 fully saturated rings. The SMILES string of the molecule is O=C(NCc1ccc(Cl)cc1)Nc1ccc(CNC(=O)c2ccccn2)cc1. The van der Waals surface area contributed by atoms with E-state index in [4.69, 9.17) is 11.6 Å². The van der Waals surface area contributed by atoms with Crippen molar-refractivity contribution in [3.05, 3.63) is 94.8 Å². The number of aromatic nitrogens is 1. The van der Waals surface area contributed by atoms with Crippen LogP contribution in [0.5, 0.6) is 0 Å². The highest BCUT2D eigenvalue weighted by Crippen LogP contribution is 2.11. The Morgan fingerprint density at radius 3 is 2.11 bits per heavy atom. The van der Waals surface area contributed by atoms with Crippen molar-refractivity contribution in [3.8, 4) is 0 Å². The minimum absolute atomic E-state index is 0.232. The summed E-state index contributed by atoms with van der Waals surface area (Å²) in [6.45, 7) is 0.777. The molecule has 3 rings (SSSR count). The summed E-state index contributed by atoms with van der Waals surface area (Å²) in [7, 11) is 0. The lowest BCUT2D eigenvalue weighted by atomic mass is 10.2. The van der Waals surface area contributed by atoms with Gasteiger partial charge in [0.25, 0.3) is 5.91 Å². The quantitative estimate of drug-likeness (QED) is 0.591. The number of hydrogen-bond acceptors (Lipinski definition) is 3. The summed E-state index contributed by atoms with van der Waals surface area (Å²) < 4.78 is 0. The number of nitrogens with one attached hydrogen (secondary N) is 3. The van der Waals surface area contributed by atoms with Gasteiger partial charge in [-0.2, -0.15) is 0 Å². The van der Waals surface area contributed by atoms with Gasteiger partial charge in [0.15, 0.2) is 0 Å². The van der Waals surface area contributed by atoms with Gasteiger partial charge in [-0.05, 0) is 47.5 Å². The lowest BCUT2D eigenvalue weighted by Gasteiger charge is -2.09. The molecule has 1 heterocycles. The Hall–Kier alpha value is -3.38. The molecule has 0 saturated heterocycles. The molecule has 3 amide bonds. The summed E-state index contributed by atoms with van der Waals surface area (Å²) in [6, 6.07) is 19.4. The second-order valence-electron chi connectivity index (χ2n) is 6.03. The molecular weight excluding hydrogens is 376 g/mol. The number of hydrogen-bond donors (Lipinski definition) is 3. The number of pyridine rings is 1. The van der Waals surface area contributed by atoms with Crippen LogP contribution >= 0.6 is 11.6 Å². The smallest absolute Gasteiger partial charge is 0.319 e. The largest absolute Gasteiger partial charge is 0.347 e. The summed E-state index contributed by atoms with van der Waals surface area (Å²) in [4.78, 5) is 28.0. The minimum atomic E-state index is -0.300. The van der Waals surface area contributed by atoms with Crippen LogP contribution < -0.4 is 16.0 Å². The highest BCUT2D eigenvalue weighted by Gasteiger charge is 2.06. The van der Waals surface area contributed by atoms with Crippen LogP contribution in [-0.4, -0.2) is 16.9 Å². The van der Waals surface area contributed by atoms with Gasteiger partial charge in [0.2, 0.25) is 0 Å². The lowest BCUT2D eigenvalue weighted by molar-refractivity contribution is 0.0946. The fraction of sp³-hybridized carbons (Fsp3) is 0.0952. The van der Waals surface area contributed by atoms with Crippen molar-refractivity contribution >= 4 is 29.2 Å². The third-order valence-electron chi connectivity index (χ3n) is 3.93.